The smallest absolute Gasteiger partial charge is 0.233 e. The highest BCUT2D eigenvalue weighted by molar-refractivity contribution is 5.94. The number of aryl methyl sites for hydroxylation is 1. The maximum Gasteiger partial charge on any atom is 0.233 e. The van der Waals surface area contributed by atoms with E-state index in [2.05, 4.69) is 91.9 Å². The number of fused-ring (bicyclic) bond motifs is 3. The average Bonchev–Trinajstić information content (AvgIpc) is 3.23. The van der Waals surface area contributed by atoms with E-state index in [0.717, 1.165) is 34.2 Å². The third-order valence-corrected chi connectivity index (χ3v) is 6.11. The Bertz CT molecular complexity index is 1620. The SMILES string of the molecule is Cc1cc(OCCc2cccc3nc4ccccc4cc23)nn1-c1ccc2ccccc2c1. The minimum atomic E-state index is 0.556. The van der Waals surface area contributed by atoms with Gasteiger partial charge in [0, 0.05) is 29.0 Å². The molecule has 2 heterocycles. The molecule has 0 radical (unpaired) electrons. The lowest BCUT2D eigenvalue weighted by molar-refractivity contribution is 0.308. The molecule has 0 saturated heterocycles. The number of hydrogen-bond acceptors (Lipinski definition) is 3. The highest BCUT2D eigenvalue weighted by Gasteiger charge is 2.09. The van der Waals surface area contributed by atoms with Gasteiger partial charge in [-0.2, -0.15) is 0 Å². The van der Waals surface area contributed by atoms with Gasteiger partial charge in [-0.15, -0.1) is 5.10 Å². The summed E-state index contributed by atoms with van der Waals surface area (Å²) in [7, 11) is 0. The minimum Gasteiger partial charge on any atom is -0.476 e. The molecule has 0 aliphatic heterocycles. The molecule has 33 heavy (non-hydrogen) atoms. The molecule has 0 aliphatic rings. The van der Waals surface area contributed by atoms with E-state index in [1.165, 1.54) is 21.7 Å². The van der Waals surface area contributed by atoms with E-state index in [4.69, 9.17) is 14.8 Å². The van der Waals surface area contributed by atoms with Crippen LogP contribution in [0, 0.1) is 6.92 Å². The van der Waals surface area contributed by atoms with Crippen molar-refractivity contribution in [3.63, 3.8) is 0 Å². The second-order valence-corrected chi connectivity index (χ2v) is 8.33. The van der Waals surface area contributed by atoms with Gasteiger partial charge < -0.3 is 4.74 Å². The summed E-state index contributed by atoms with van der Waals surface area (Å²) in [4.78, 5) is 4.82. The molecule has 2 aromatic heterocycles. The fraction of sp³-hybridized carbons (Fsp3) is 0.103. The molecule has 0 saturated carbocycles. The zero-order chi connectivity index (χ0) is 22.2. The summed E-state index contributed by atoms with van der Waals surface area (Å²) in [6.45, 7) is 2.61. The third-order valence-electron chi connectivity index (χ3n) is 6.11. The largest absolute Gasteiger partial charge is 0.476 e. The van der Waals surface area contributed by atoms with E-state index in [1.54, 1.807) is 0 Å². The van der Waals surface area contributed by atoms with Gasteiger partial charge in [-0.1, -0.05) is 60.7 Å². The number of aromatic nitrogens is 3. The van der Waals surface area contributed by atoms with E-state index < -0.39 is 0 Å². The van der Waals surface area contributed by atoms with Gasteiger partial charge in [-0.3, -0.25) is 0 Å². The molecule has 0 unspecified atom stereocenters. The van der Waals surface area contributed by atoms with Crippen molar-refractivity contribution in [2.45, 2.75) is 13.3 Å². The van der Waals surface area contributed by atoms with Crippen LogP contribution in [-0.2, 0) is 6.42 Å². The topological polar surface area (TPSA) is 39.9 Å². The first-order valence-corrected chi connectivity index (χ1v) is 11.2. The lowest BCUT2D eigenvalue weighted by Crippen LogP contribution is -2.04. The first-order valence-electron chi connectivity index (χ1n) is 11.2. The molecule has 0 bridgehead atoms. The number of benzene rings is 4. The Morgan fingerprint density at radius 1 is 0.727 bits per heavy atom. The summed E-state index contributed by atoms with van der Waals surface area (Å²) in [6, 6.07) is 33.5. The Balaban J connectivity index is 1.22. The Kier molecular flexibility index (Phi) is 4.76. The fourth-order valence-electron chi connectivity index (χ4n) is 4.43. The standard InChI is InChI=1S/C29H23N3O/c1-20-17-29(31-32(20)25-14-13-21-7-2-3-8-23(21)18-25)33-16-15-22-10-6-12-28-26(22)19-24-9-4-5-11-27(24)30-28/h2-14,17-19H,15-16H2,1H3. The predicted octanol–water partition coefficient (Wildman–Crippen LogP) is 6.66. The zero-order valence-electron chi connectivity index (χ0n) is 18.4. The van der Waals surface area contributed by atoms with Gasteiger partial charge in [0.1, 0.15) is 0 Å². The molecule has 6 rings (SSSR count). The van der Waals surface area contributed by atoms with Crippen LogP contribution in [0.3, 0.4) is 0 Å². The van der Waals surface area contributed by atoms with Gasteiger partial charge in [0.15, 0.2) is 0 Å². The number of pyridine rings is 1. The van der Waals surface area contributed by atoms with Crippen molar-refractivity contribution < 1.29 is 4.74 Å². The van der Waals surface area contributed by atoms with Gasteiger partial charge >= 0.3 is 0 Å². The van der Waals surface area contributed by atoms with Crippen molar-refractivity contribution in [3.8, 4) is 11.6 Å². The first-order chi connectivity index (χ1) is 16.2. The van der Waals surface area contributed by atoms with E-state index in [-0.39, 0.29) is 0 Å². The maximum atomic E-state index is 6.06. The van der Waals surface area contributed by atoms with E-state index in [0.29, 0.717) is 12.5 Å². The van der Waals surface area contributed by atoms with Crippen LogP contribution in [0.15, 0.2) is 97.1 Å². The van der Waals surface area contributed by atoms with Crippen LogP contribution in [0.4, 0.5) is 0 Å². The Morgan fingerprint density at radius 3 is 2.42 bits per heavy atom. The van der Waals surface area contributed by atoms with E-state index >= 15 is 0 Å². The Morgan fingerprint density at radius 2 is 1.52 bits per heavy atom. The Labute approximate surface area is 192 Å². The number of nitrogens with zero attached hydrogens (tertiary/aromatic N) is 3. The number of para-hydroxylation sites is 1. The molecular weight excluding hydrogens is 406 g/mol. The highest BCUT2D eigenvalue weighted by Crippen LogP contribution is 2.24. The average molecular weight is 430 g/mol. The number of rotatable bonds is 5. The summed E-state index contributed by atoms with van der Waals surface area (Å²) < 4.78 is 8.00. The predicted molar refractivity (Wildman–Crippen MR) is 134 cm³/mol. The van der Waals surface area contributed by atoms with Crippen molar-refractivity contribution in [1.82, 2.24) is 14.8 Å². The zero-order valence-corrected chi connectivity index (χ0v) is 18.4. The summed E-state index contributed by atoms with van der Waals surface area (Å²) in [5, 5.41) is 9.46. The molecule has 6 aromatic rings. The van der Waals surface area contributed by atoms with Gasteiger partial charge in [-0.25, -0.2) is 9.67 Å². The quantitative estimate of drug-likeness (QED) is 0.288. The molecule has 0 aliphatic carbocycles. The monoisotopic (exact) mass is 429 g/mol. The van der Waals surface area contributed by atoms with Crippen LogP contribution >= 0.6 is 0 Å². The van der Waals surface area contributed by atoms with Crippen molar-refractivity contribution in [2.75, 3.05) is 6.61 Å². The lowest BCUT2D eigenvalue weighted by Gasteiger charge is -2.08. The van der Waals surface area contributed by atoms with Crippen LogP contribution < -0.4 is 4.74 Å². The molecule has 4 aromatic carbocycles. The van der Waals surface area contributed by atoms with Gasteiger partial charge in [-0.05, 0) is 53.6 Å². The molecule has 0 spiro atoms. The van der Waals surface area contributed by atoms with Crippen LogP contribution in [0.25, 0.3) is 38.3 Å². The van der Waals surface area contributed by atoms with Gasteiger partial charge in [0.25, 0.3) is 0 Å². The molecule has 0 fully saturated rings. The van der Waals surface area contributed by atoms with Crippen molar-refractivity contribution in [3.05, 3.63) is 108 Å². The van der Waals surface area contributed by atoms with Crippen LogP contribution in [-0.4, -0.2) is 21.4 Å². The van der Waals surface area contributed by atoms with Gasteiger partial charge in [0.2, 0.25) is 5.88 Å². The normalized spacial score (nSPS) is 11.4. The molecule has 0 amide bonds. The summed E-state index contributed by atoms with van der Waals surface area (Å²) >= 11 is 0. The molecular formula is C29H23N3O. The summed E-state index contributed by atoms with van der Waals surface area (Å²) in [5.74, 6) is 0.643. The molecule has 0 atom stereocenters. The van der Waals surface area contributed by atoms with Crippen molar-refractivity contribution >= 4 is 32.6 Å². The summed E-state index contributed by atoms with van der Waals surface area (Å²) in [6.07, 6.45) is 0.791. The highest BCUT2D eigenvalue weighted by atomic mass is 16.5. The van der Waals surface area contributed by atoms with Crippen molar-refractivity contribution in [1.29, 1.82) is 0 Å². The number of ether oxygens (including phenoxy) is 1. The van der Waals surface area contributed by atoms with Crippen LogP contribution in [0.1, 0.15) is 11.3 Å². The molecule has 0 N–H and O–H groups in total. The fourth-order valence-corrected chi connectivity index (χ4v) is 4.43. The molecule has 4 nitrogen and oxygen atoms in total. The van der Waals surface area contributed by atoms with E-state index in [9.17, 15) is 0 Å². The second-order valence-electron chi connectivity index (χ2n) is 8.33. The summed E-state index contributed by atoms with van der Waals surface area (Å²) in [5.41, 5.74) is 5.35. The van der Waals surface area contributed by atoms with Crippen molar-refractivity contribution in [2.24, 2.45) is 0 Å². The number of hydrogen-bond donors (Lipinski definition) is 0. The molecule has 160 valence electrons. The molecule has 4 heteroatoms. The second kappa shape index (κ2) is 8.06. The van der Waals surface area contributed by atoms with Crippen LogP contribution in [0.5, 0.6) is 5.88 Å². The lowest BCUT2D eigenvalue weighted by atomic mass is 10.0. The van der Waals surface area contributed by atoms with Crippen LogP contribution in [0.2, 0.25) is 0 Å². The minimum absolute atomic E-state index is 0.556. The maximum absolute atomic E-state index is 6.06. The third kappa shape index (κ3) is 3.70. The van der Waals surface area contributed by atoms with Gasteiger partial charge in [0.05, 0.1) is 23.3 Å². The van der Waals surface area contributed by atoms with E-state index in [1.807, 2.05) is 16.8 Å². The first kappa shape index (κ1) is 19.5. The Hall–Kier alpha value is -4.18.